The predicted octanol–water partition coefficient (Wildman–Crippen LogP) is 2.69. The van der Waals surface area contributed by atoms with Gasteiger partial charge in [0.05, 0.1) is 0 Å². The summed E-state index contributed by atoms with van der Waals surface area (Å²) in [4.78, 5) is 26.3. The highest BCUT2D eigenvalue weighted by atomic mass is 16.6. The third kappa shape index (κ3) is 4.52. The highest BCUT2D eigenvalue weighted by Gasteiger charge is 2.22. The summed E-state index contributed by atoms with van der Waals surface area (Å²) >= 11 is 0. The van der Waals surface area contributed by atoms with E-state index >= 15 is 0 Å². The number of amides is 1. The summed E-state index contributed by atoms with van der Waals surface area (Å²) in [5.41, 5.74) is 2.61. The van der Waals surface area contributed by atoms with E-state index in [0.717, 1.165) is 11.1 Å². The minimum atomic E-state index is -0.876. The Morgan fingerprint density at radius 2 is 1.92 bits per heavy atom. The Labute approximate surface area is 139 Å². The maximum Gasteiger partial charge on any atom is 0.406 e. The second-order valence-electron chi connectivity index (χ2n) is 5.49. The molecule has 24 heavy (non-hydrogen) atoms. The van der Waals surface area contributed by atoms with Gasteiger partial charge in [0.1, 0.15) is 5.69 Å². The molecule has 7 heteroatoms. The molecule has 2 aromatic rings. The van der Waals surface area contributed by atoms with Crippen molar-refractivity contribution in [2.75, 3.05) is 0 Å². The first-order valence-electron chi connectivity index (χ1n) is 7.49. The number of aromatic nitrogens is 1. The first kappa shape index (κ1) is 17.4. The summed E-state index contributed by atoms with van der Waals surface area (Å²) in [5, 5.41) is 13.8. The lowest BCUT2D eigenvalue weighted by atomic mass is 10.1. The lowest BCUT2D eigenvalue weighted by molar-refractivity contribution is -0.390. The van der Waals surface area contributed by atoms with E-state index in [9.17, 15) is 14.9 Å². The summed E-state index contributed by atoms with van der Waals surface area (Å²) in [7, 11) is 0. The summed E-state index contributed by atoms with van der Waals surface area (Å²) in [6.07, 6.45) is -0.876. The second-order valence-corrected chi connectivity index (χ2v) is 5.49. The number of hydrogen-bond donors (Lipinski definition) is 1. The SMILES string of the molecule is Cc1ccc(CNC(=O)[C@H](C)Oc2ccc(C)nc2[N+](=O)[O-])cc1. The number of carbonyl (C=O) groups is 1. The van der Waals surface area contributed by atoms with Crippen molar-refractivity contribution in [3.63, 3.8) is 0 Å². The number of rotatable bonds is 6. The largest absolute Gasteiger partial charge is 0.473 e. The van der Waals surface area contributed by atoms with E-state index in [1.165, 1.54) is 13.0 Å². The van der Waals surface area contributed by atoms with Crippen LogP contribution in [0, 0.1) is 24.0 Å². The van der Waals surface area contributed by atoms with Gasteiger partial charge < -0.3 is 20.2 Å². The fourth-order valence-corrected chi connectivity index (χ4v) is 2.04. The number of carbonyl (C=O) groups excluding carboxylic acids is 1. The Kier molecular flexibility index (Phi) is 5.47. The van der Waals surface area contributed by atoms with Crippen molar-refractivity contribution in [1.82, 2.24) is 10.3 Å². The monoisotopic (exact) mass is 329 g/mol. The smallest absolute Gasteiger partial charge is 0.406 e. The number of benzene rings is 1. The van der Waals surface area contributed by atoms with Crippen LogP contribution < -0.4 is 10.1 Å². The average molecular weight is 329 g/mol. The Hall–Kier alpha value is -2.96. The van der Waals surface area contributed by atoms with Crippen LogP contribution in [-0.4, -0.2) is 21.9 Å². The zero-order valence-corrected chi connectivity index (χ0v) is 13.8. The van der Waals surface area contributed by atoms with Crippen LogP contribution in [-0.2, 0) is 11.3 Å². The van der Waals surface area contributed by atoms with Crippen molar-refractivity contribution in [3.8, 4) is 5.75 Å². The molecule has 0 unspecified atom stereocenters. The van der Waals surface area contributed by atoms with Gasteiger partial charge in [-0.3, -0.25) is 4.79 Å². The zero-order valence-electron chi connectivity index (χ0n) is 13.8. The molecular weight excluding hydrogens is 310 g/mol. The van der Waals surface area contributed by atoms with Gasteiger partial charge in [-0.25, -0.2) is 0 Å². The molecule has 1 amide bonds. The maximum atomic E-state index is 12.1. The van der Waals surface area contributed by atoms with Gasteiger partial charge in [-0.1, -0.05) is 29.8 Å². The van der Waals surface area contributed by atoms with E-state index in [-0.39, 0.29) is 11.7 Å². The quantitative estimate of drug-likeness (QED) is 0.649. The molecule has 0 aliphatic carbocycles. The van der Waals surface area contributed by atoms with Gasteiger partial charge in [-0.2, -0.15) is 0 Å². The molecule has 126 valence electrons. The molecule has 1 N–H and O–H groups in total. The number of nitro groups is 1. The predicted molar refractivity (Wildman–Crippen MR) is 88.7 cm³/mol. The molecule has 1 aromatic heterocycles. The van der Waals surface area contributed by atoms with Crippen molar-refractivity contribution in [2.24, 2.45) is 0 Å². The molecule has 1 atom stereocenters. The van der Waals surface area contributed by atoms with Crippen LogP contribution in [0.2, 0.25) is 0 Å². The standard InChI is InChI=1S/C17H19N3O4/c1-11-4-7-14(8-5-11)10-18-17(21)13(3)24-15-9-6-12(2)19-16(15)20(22)23/h4-9,13H,10H2,1-3H3,(H,18,21)/t13-/m0/s1. The fourth-order valence-electron chi connectivity index (χ4n) is 2.04. The zero-order chi connectivity index (χ0) is 17.7. The van der Waals surface area contributed by atoms with Crippen molar-refractivity contribution in [2.45, 2.75) is 33.4 Å². The molecule has 1 aromatic carbocycles. The first-order chi connectivity index (χ1) is 11.4. The van der Waals surface area contributed by atoms with Gasteiger partial charge in [0.2, 0.25) is 5.75 Å². The van der Waals surface area contributed by atoms with Gasteiger partial charge >= 0.3 is 5.82 Å². The highest BCUT2D eigenvalue weighted by molar-refractivity contribution is 5.80. The first-order valence-corrected chi connectivity index (χ1v) is 7.49. The van der Waals surface area contributed by atoms with E-state index in [0.29, 0.717) is 12.2 Å². The second kappa shape index (κ2) is 7.54. The van der Waals surface area contributed by atoms with E-state index in [2.05, 4.69) is 10.3 Å². The van der Waals surface area contributed by atoms with E-state index in [1.807, 2.05) is 31.2 Å². The average Bonchev–Trinajstić information content (AvgIpc) is 2.55. The van der Waals surface area contributed by atoms with E-state index in [1.54, 1.807) is 13.0 Å². The summed E-state index contributed by atoms with van der Waals surface area (Å²) in [6, 6.07) is 10.8. The number of pyridine rings is 1. The van der Waals surface area contributed by atoms with Crippen molar-refractivity contribution in [3.05, 3.63) is 63.3 Å². The minimum absolute atomic E-state index is 0.0245. The summed E-state index contributed by atoms with van der Waals surface area (Å²) < 4.78 is 5.41. The third-order valence-corrected chi connectivity index (χ3v) is 3.41. The number of aryl methyl sites for hydroxylation is 2. The van der Waals surface area contributed by atoms with E-state index in [4.69, 9.17) is 4.74 Å². The lowest BCUT2D eigenvalue weighted by Gasteiger charge is -2.14. The van der Waals surface area contributed by atoms with Crippen LogP contribution in [0.1, 0.15) is 23.7 Å². The molecule has 0 saturated heterocycles. The van der Waals surface area contributed by atoms with Gasteiger partial charge in [-0.05, 0) is 41.5 Å². The molecule has 0 fully saturated rings. The molecule has 0 bridgehead atoms. The van der Waals surface area contributed by atoms with Crippen LogP contribution in [0.4, 0.5) is 5.82 Å². The summed E-state index contributed by atoms with van der Waals surface area (Å²) in [6.45, 7) is 5.53. The molecular formula is C17H19N3O4. The van der Waals surface area contributed by atoms with Crippen molar-refractivity contribution in [1.29, 1.82) is 0 Å². The highest BCUT2D eigenvalue weighted by Crippen LogP contribution is 2.25. The molecule has 0 spiro atoms. The third-order valence-electron chi connectivity index (χ3n) is 3.41. The van der Waals surface area contributed by atoms with Crippen LogP contribution in [0.5, 0.6) is 5.75 Å². The number of ether oxygens (including phenoxy) is 1. The number of nitrogens with one attached hydrogen (secondary N) is 1. The summed E-state index contributed by atoms with van der Waals surface area (Å²) in [5.74, 6) is -0.776. The topological polar surface area (TPSA) is 94.4 Å². The number of nitrogens with zero attached hydrogens (tertiary/aromatic N) is 2. The fraction of sp³-hybridized carbons (Fsp3) is 0.294. The van der Waals surface area contributed by atoms with Crippen LogP contribution in [0.25, 0.3) is 0 Å². The van der Waals surface area contributed by atoms with Gasteiger partial charge in [0.15, 0.2) is 6.10 Å². The number of hydrogen-bond acceptors (Lipinski definition) is 5. The Morgan fingerprint density at radius 3 is 2.54 bits per heavy atom. The Morgan fingerprint density at radius 1 is 1.25 bits per heavy atom. The Bertz CT molecular complexity index is 744. The molecule has 7 nitrogen and oxygen atoms in total. The molecule has 1 heterocycles. The van der Waals surface area contributed by atoms with Crippen LogP contribution >= 0.6 is 0 Å². The van der Waals surface area contributed by atoms with Gasteiger partial charge in [-0.15, -0.1) is 0 Å². The molecule has 0 saturated carbocycles. The van der Waals surface area contributed by atoms with Crippen LogP contribution in [0.15, 0.2) is 36.4 Å². The van der Waals surface area contributed by atoms with Crippen LogP contribution in [0.3, 0.4) is 0 Å². The Balaban J connectivity index is 1.99. The molecule has 2 rings (SSSR count). The van der Waals surface area contributed by atoms with Crippen molar-refractivity contribution < 1.29 is 14.5 Å². The van der Waals surface area contributed by atoms with Gasteiger partial charge in [0.25, 0.3) is 5.91 Å². The van der Waals surface area contributed by atoms with E-state index < -0.39 is 16.8 Å². The van der Waals surface area contributed by atoms with Gasteiger partial charge in [0, 0.05) is 13.5 Å². The lowest BCUT2D eigenvalue weighted by Crippen LogP contribution is -2.36. The molecule has 0 aliphatic rings. The molecule has 0 aliphatic heterocycles. The maximum absolute atomic E-state index is 12.1. The minimum Gasteiger partial charge on any atom is -0.473 e. The normalized spacial score (nSPS) is 11.6. The van der Waals surface area contributed by atoms with Crippen molar-refractivity contribution >= 4 is 11.7 Å². The molecule has 0 radical (unpaired) electrons.